The summed E-state index contributed by atoms with van der Waals surface area (Å²) in [6.07, 6.45) is 2.13. The van der Waals surface area contributed by atoms with E-state index >= 15 is 0 Å². The number of hydrogen-bond acceptors (Lipinski definition) is 4. The van der Waals surface area contributed by atoms with Gasteiger partial charge in [-0.3, -0.25) is 0 Å². The number of rotatable bonds is 4. The van der Waals surface area contributed by atoms with E-state index in [1.54, 1.807) is 4.90 Å². The Morgan fingerprint density at radius 3 is 2.41 bits per heavy atom. The van der Waals surface area contributed by atoms with Crippen LogP contribution in [0.15, 0.2) is 0 Å². The summed E-state index contributed by atoms with van der Waals surface area (Å²) in [7, 11) is 0. The molecule has 0 aliphatic carbocycles. The normalized spacial score (nSPS) is 23.2. The molecule has 0 spiro atoms. The van der Waals surface area contributed by atoms with Gasteiger partial charge < -0.3 is 19.7 Å². The Morgan fingerprint density at radius 2 is 1.91 bits per heavy atom. The van der Waals surface area contributed by atoms with Gasteiger partial charge in [0.1, 0.15) is 5.60 Å². The molecule has 1 fully saturated rings. The van der Waals surface area contributed by atoms with Gasteiger partial charge in [0.05, 0.1) is 6.10 Å². The Morgan fingerprint density at radius 1 is 1.27 bits per heavy atom. The van der Waals surface area contributed by atoms with Crippen molar-refractivity contribution in [3.05, 3.63) is 0 Å². The van der Waals surface area contributed by atoms with E-state index in [9.17, 15) is 4.79 Å². The molecule has 1 rings (SSSR count). The fraction of sp³-hybridized carbons (Fsp3) is 0.941. The minimum Gasteiger partial charge on any atom is -0.444 e. The molecule has 130 valence electrons. The quantitative estimate of drug-likeness (QED) is 0.866. The van der Waals surface area contributed by atoms with Gasteiger partial charge in [-0.2, -0.15) is 0 Å². The number of nitrogens with zero attached hydrogens (tertiary/aromatic N) is 1. The van der Waals surface area contributed by atoms with Crippen LogP contribution in [0.25, 0.3) is 0 Å². The van der Waals surface area contributed by atoms with Crippen molar-refractivity contribution in [3.63, 3.8) is 0 Å². The summed E-state index contributed by atoms with van der Waals surface area (Å²) in [5.74, 6) is 0. The first-order chi connectivity index (χ1) is 9.99. The van der Waals surface area contributed by atoms with Gasteiger partial charge >= 0.3 is 6.09 Å². The minimum atomic E-state index is -0.468. The standard InChI is InChI=1S/C17H34N2O3/c1-13-12-14(8-11-21-13)18-9-10-19(16(2,3)4)15(20)22-17(5,6)7/h13-14,18H,8-12H2,1-7H3. The lowest BCUT2D eigenvalue weighted by Crippen LogP contribution is -2.51. The smallest absolute Gasteiger partial charge is 0.410 e. The lowest BCUT2D eigenvalue weighted by molar-refractivity contribution is 0.00230. The zero-order valence-corrected chi connectivity index (χ0v) is 15.4. The maximum atomic E-state index is 12.4. The van der Waals surface area contributed by atoms with Gasteiger partial charge in [-0.25, -0.2) is 4.79 Å². The van der Waals surface area contributed by atoms with Crippen molar-refractivity contribution < 1.29 is 14.3 Å². The second-order valence-corrected chi connectivity index (χ2v) is 8.16. The summed E-state index contributed by atoms with van der Waals surface area (Å²) in [5, 5.41) is 3.54. The van der Waals surface area contributed by atoms with Crippen LogP contribution in [0, 0.1) is 0 Å². The summed E-state index contributed by atoms with van der Waals surface area (Å²) in [4.78, 5) is 14.2. The van der Waals surface area contributed by atoms with Crippen LogP contribution in [0.5, 0.6) is 0 Å². The van der Waals surface area contributed by atoms with Crippen molar-refractivity contribution in [1.29, 1.82) is 0 Å². The molecule has 1 amide bonds. The van der Waals surface area contributed by atoms with Crippen LogP contribution in [0.1, 0.15) is 61.3 Å². The zero-order chi connectivity index (χ0) is 17.0. The molecule has 1 N–H and O–H groups in total. The van der Waals surface area contributed by atoms with Gasteiger partial charge in [0, 0.05) is 31.3 Å². The van der Waals surface area contributed by atoms with Crippen molar-refractivity contribution in [3.8, 4) is 0 Å². The molecule has 0 saturated carbocycles. The summed E-state index contributed by atoms with van der Waals surface area (Å²) in [6.45, 7) is 16.1. The topological polar surface area (TPSA) is 50.8 Å². The third-order valence-electron chi connectivity index (χ3n) is 3.68. The first kappa shape index (κ1) is 19.2. The van der Waals surface area contributed by atoms with Gasteiger partial charge in [-0.05, 0) is 61.3 Å². The predicted molar refractivity (Wildman–Crippen MR) is 89.1 cm³/mol. The lowest BCUT2D eigenvalue weighted by Gasteiger charge is -2.37. The minimum absolute atomic E-state index is 0.248. The molecule has 2 unspecified atom stereocenters. The second-order valence-electron chi connectivity index (χ2n) is 8.16. The molecule has 1 aliphatic rings. The molecule has 22 heavy (non-hydrogen) atoms. The van der Waals surface area contributed by atoms with Gasteiger partial charge in [0.2, 0.25) is 0 Å². The number of nitrogens with one attached hydrogen (secondary N) is 1. The van der Waals surface area contributed by atoms with Crippen LogP contribution in [0.2, 0.25) is 0 Å². The highest BCUT2D eigenvalue weighted by Gasteiger charge is 2.30. The van der Waals surface area contributed by atoms with Crippen molar-refractivity contribution in [1.82, 2.24) is 10.2 Å². The van der Waals surface area contributed by atoms with E-state index in [4.69, 9.17) is 9.47 Å². The van der Waals surface area contributed by atoms with Gasteiger partial charge in [-0.1, -0.05) is 0 Å². The Hall–Kier alpha value is -0.810. The van der Waals surface area contributed by atoms with Crippen LogP contribution < -0.4 is 5.32 Å². The first-order valence-electron chi connectivity index (χ1n) is 8.34. The van der Waals surface area contributed by atoms with E-state index in [2.05, 4.69) is 12.2 Å². The average Bonchev–Trinajstić information content (AvgIpc) is 2.30. The largest absolute Gasteiger partial charge is 0.444 e. The molecule has 2 atom stereocenters. The van der Waals surface area contributed by atoms with E-state index in [1.807, 2.05) is 41.5 Å². The summed E-state index contributed by atoms with van der Waals surface area (Å²) in [6, 6.07) is 0.476. The second kappa shape index (κ2) is 7.64. The molecule has 0 aromatic heterocycles. The third kappa shape index (κ3) is 6.97. The number of ether oxygens (including phenoxy) is 2. The predicted octanol–water partition coefficient (Wildman–Crippen LogP) is 3.18. The van der Waals surface area contributed by atoms with Crippen molar-refractivity contribution in [2.24, 2.45) is 0 Å². The molecule has 5 heteroatoms. The van der Waals surface area contributed by atoms with E-state index in [0.717, 1.165) is 26.0 Å². The van der Waals surface area contributed by atoms with Gasteiger partial charge in [0.25, 0.3) is 0 Å². The maximum absolute atomic E-state index is 12.4. The zero-order valence-electron chi connectivity index (χ0n) is 15.4. The maximum Gasteiger partial charge on any atom is 0.410 e. The Balaban J connectivity index is 2.50. The summed E-state index contributed by atoms with van der Waals surface area (Å²) >= 11 is 0. The molecule has 1 heterocycles. The van der Waals surface area contributed by atoms with E-state index in [1.165, 1.54) is 0 Å². The number of amides is 1. The fourth-order valence-corrected chi connectivity index (χ4v) is 2.58. The molecule has 5 nitrogen and oxygen atoms in total. The van der Waals surface area contributed by atoms with Crippen LogP contribution >= 0.6 is 0 Å². The Labute approximate surface area is 135 Å². The van der Waals surface area contributed by atoms with E-state index < -0.39 is 5.60 Å². The van der Waals surface area contributed by atoms with Crippen molar-refractivity contribution in [2.45, 2.75) is 84.6 Å². The highest BCUT2D eigenvalue weighted by Crippen LogP contribution is 2.18. The highest BCUT2D eigenvalue weighted by atomic mass is 16.6. The molecule has 0 aromatic carbocycles. The lowest BCUT2D eigenvalue weighted by atomic mass is 10.0. The van der Waals surface area contributed by atoms with Crippen LogP contribution in [-0.4, -0.2) is 54.0 Å². The van der Waals surface area contributed by atoms with E-state index in [0.29, 0.717) is 18.7 Å². The monoisotopic (exact) mass is 314 g/mol. The van der Waals surface area contributed by atoms with Crippen molar-refractivity contribution in [2.75, 3.05) is 19.7 Å². The van der Waals surface area contributed by atoms with Crippen molar-refractivity contribution >= 4 is 6.09 Å². The molecular formula is C17H34N2O3. The highest BCUT2D eigenvalue weighted by molar-refractivity contribution is 5.69. The van der Waals surface area contributed by atoms with Crippen LogP contribution in [0.3, 0.4) is 0 Å². The summed E-state index contributed by atoms with van der Waals surface area (Å²) in [5.41, 5.74) is -0.725. The average molecular weight is 314 g/mol. The Kier molecular flexibility index (Phi) is 6.68. The molecule has 0 bridgehead atoms. The van der Waals surface area contributed by atoms with Crippen LogP contribution in [0.4, 0.5) is 4.79 Å². The third-order valence-corrected chi connectivity index (χ3v) is 3.68. The SMILES string of the molecule is CC1CC(NCCN(C(=O)OC(C)(C)C)C(C)(C)C)CCO1. The molecule has 1 saturated heterocycles. The molecular weight excluding hydrogens is 280 g/mol. The van der Waals surface area contributed by atoms with Gasteiger partial charge in [0.15, 0.2) is 0 Å². The Bertz CT molecular complexity index is 358. The fourth-order valence-electron chi connectivity index (χ4n) is 2.58. The van der Waals surface area contributed by atoms with E-state index in [-0.39, 0.29) is 11.6 Å². The first-order valence-corrected chi connectivity index (χ1v) is 8.34. The number of carbonyl (C=O) groups excluding carboxylic acids is 1. The number of carbonyl (C=O) groups is 1. The molecule has 0 aromatic rings. The summed E-state index contributed by atoms with van der Waals surface area (Å²) < 4.78 is 11.1. The molecule has 1 aliphatic heterocycles. The number of hydrogen-bond donors (Lipinski definition) is 1. The van der Waals surface area contributed by atoms with Crippen LogP contribution in [-0.2, 0) is 9.47 Å². The molecule has 0 radical (unpaired) electrons. The van der Waals surface area contributed by atoms with Gasteiger partial charge in [-0.15, -0.1) is 0 Å².